The Labute approximate surface area is 175 Å². The molecule has 1 fully saturated rings. The SMILES string of the molecule is Cc1sc2ncnc(N3CCC[C@@H](C)C3)c2c1C(=O)Nc1ccc(C(F)(F)F)cc1. The van der Waals surface area contributed by atoms with E-state index in [9.17, 15) is 18.0 Å². The number of alkyl halides is 3. The number of hydrogen-bond acceptors (Lipinski definition) is 5. The summed E-state index contributed by atoms with van der Waals surface area (Å²) in [5, 5.41) is 3.43. The fraction of sp³-hybridized carbons (Fsp3) is 0.381. The average molecular weight is 434 g/mol. The van der Waals surface area contributed by atoms with E-state index >= 15 is 0 Å². The van der Waals surface area contributed by atoms with E-state index < -0.39 is 11.7 Å². The van der Waals surface area contributed by atoms with Crippen molar-refractivity contribution in [3.8, 4) is 0 Å². The molecule has 1 aromatic carbocycles. The Morgan fingerprint density at radius 2 is 1.97 bits per heavy atom. The number of rotatable bonds is 3. The highest BCUT2D eigenvalue weighted by atomic mass is 32.1. The number of carbonyl (C=O) groups is 1. The van der Waals surface area contributed by atoms with Gasteiger partial charge >= 0.3 is 6.18 Å². The number of fused-ring (bicyclic) bond motifs is 1. The number of halogens is 3. The number of aryl methyl sites for hydroxylation is 1. The van der Waals surface area contributed by atoms with Gasteiger partial charge in [0.2, 0.25) is 0 Å². The normalized spacial score (nSPS) is 17.4. The van der Waals surface area contributed by atoms with Crippen molar-refractivity contribution in [1.29, 1.82) is 0 Å². The van der Waals surface area contributed by atoms with Crippen LogP contribution in [0.25, 0.3) is 10.2 Å². The minimum absolute atomic E-state index is 0.303. The minimum atomic E-state index is -4.42. The van der Waals surface area contributed by atoms with Crippen molar-refractivity contribution in [3.05, 3.63) is 46.6 Å². The summed E-state index contributed by atoms with van der Waals surface area (Å²) in [5.74, 6) is 0.904. The van der Waals surface area contributed by atoms with Crippen LogP contribution in [0.2, 0.25) is 0 Å². The summed E-state index contributed by atoms with van der Waals surface area (Å²) in [6.07, 6.45) is -0.678. The maximum Gasteiger partial charge on any atom is 0.416 e. The second-order valence-electron chi connectivity index (χ2n) is 7.63. The third-order valence-corrected chi connectivity index (χ3v) is 6.31. The van der Waals surface area contributed by atoms with Crippen LogP contribution in [0.3, 0.4) is 0 Å². The number of hydrogen-bond donors (Lipinski definition) is 1. The molecule has 1 atom stereocenters. The molecule has 0 radical (unpaired) electrons. The van der Waals surface area contributed by atoms with E-state index in [-0.39, 0.29) is 5.91 Å². The van der Waals surface area contributed by atoms with E-state index in [1.54, 1.807) is 0 Å². The summed E-state index contributed by atoms with van der Waals surface area (Å²) >= 11 is 1.42. The van der Waals surface area contributed by atoms with E-state index in [0.717, 1.165) is 53.6 Å². The van der Waals surface area contributed by atoms with E-state index in [0.29, 0.717) is 22.6 Å². The molecule has 1 saturated heterocycles. The Kier molecular flexibility index (Phi) is 5.40. The first kappa shape index (κ1) is 20.6. The van der Waals surface area contributed by atoms with Crippen molar-refractivity contribution in [3.63, 3.8) is 0 Å². The van der Waals surface area contributed by atoms with Gasteiger partial charge in [0, 0.05) is 23.7 Å². The molecule has 0 saturated carbocycles. The molecule has 0 bridgehead atoms. The zero-order chi connectivity index (χ0) is 21.5. The van der Waals surface area contributed by atoms with Gasteiger partial charge in [-0.2, -0.15) is 13.2 Å². The van der Waals surface area contributed by atoms with Crippen LogP contribution < -0.4 is 10.2 Å². The molecule has 1 N–H and O–H groups in total. The Morgan fingerprint density at radius 3 is 2.63 bits per heavy atom. The molecule has 4 rings (SSSR count). The van der Waals surface area contributed by atoms with E-state index in [1.807, 2.05) is 6.92 Å². The van der Waals surface area contributed by atoms with Gasteiger partial charge in [0.1, 0.15) is 17.0 Å². The number of nitrogens with one attached hydrogen (secondary N) is 1. The zero-order valence-corrected chi connectivity index (χ0v) is 17.4. The maximum absolute atomic E-state index is 13.1. The van der Waals surface area contributed by atoms with Gasteiger partial charge in [-0.25, -0.2) is 9.97 Å². The van der Waals surface area contributed by atoms with Gasteiger partial charge in [-0.05, 0) is 49.9 Å². The lowest BCUT2D eigenvalue weighted by Gasteiger charge is -2.32. The van der Waals surface area contributed by atoms with Crippen LogP contribution in [0, 0.1) is 12.8 Å². The molecule has 1 amide bonds. The Morgan fingerprint density at radius 1 is 1.23 bits per heavy atom. The zero-order valence-electron chi connectivity index (χ0n) is 16.6. The van der Waals surface area contributed by atoms with Gasteiger partial charge in [-0.1, -0.05) is 6.92 Å². The van der Waals surface area contributed by atoms with Gasteiger partial charge in [0.05, 0.1) is 16.5 Å². The van der Waals surface area contributed by atoms with Crippen LogP contribution in [-0.4, -0.2) is 29.0 Å². The first-order valence-corrected chi connectivity index (χ1v) is 10.5. The molecule has 9 heteroatoms. The maximum atomic E-state index is 13.1. The summed E-state index contributed by atoms with van der Waals surface area (Å²) in [4.78, 5) is 25.6. The van der Waals surface area contributed by atoms with E-state index in [4.69, 9.17) is 0 Å². The molecule has 0 aliphatic carbocycles. The molecule has 30 heavy (non-hydrogen) atoms. The minimum Gasteiger partial charge on any atom is -0.356 e. The van der Waals surface area contributed by atoms with Gasteiger partial charge in [0.15, 0.2) is 0 Å². The van der Waals surface area contributed by atoms with Crippen molar-refractivity contribution in [2.24, 2.45) is 5.92 Å². The molecule has 3 heterocycles. The lowest BCUT2D eigenvalue weighted by Crippen LogP contribution is -2.35. The molecule has 0 spiro atoms. The molecular formula is C21H21F3N4OS. The molecular weight excluding hydrogens is 413 g/mol. The predicted molar refractivity (Wildman–Crippen MR) is 112 cm³/mol. The first-order valence-electron chi connectivity index (χ1n) is 9.71. The monoisotopic (exact) mass is 434 g/mol. The van der Waals surface area contributed by atoms with Gasteiger partial charge in [-0.15, -0.1) is 11.3 Å². The first-order chi connectivity index (χ1) is 14.2. The van der Waals surface area contributed by atoms with Crippen LogP contribution in [-0.2, 0) is 6.18 Å². The summed E-state index contributed by atoms with van der Waals surface area (Å²) in [6, 6.07) is 4.43. The lowest BCUT2D eigenvalue weighted by atomic mass is 10.00. The fourth-order valence-corrected chi connectivity index (χ4v) is 4.84. The van der Waals surface area contributed by atoms with Gasteiger partial charge < -0.3 is 10.2 Å². The Balaban J connectivity index is 1.68. The van der Waals surface area contributed by atoms with Gasteiger partial charge in [-0.3, -0.25) is 4.79 Å². The van der Waals surface area contributed by atoms with Crippen LogP contribution in [0.1, 0.15) is 40.6 Å². The van der Waals surface area contributed by atoms with Crippen LogP contribution in [0.4, 0.5) is 24.7 Å². The highest BCUT2D eigenvalue weighted by Gasteiger charge is 2.30. The number of thiophene rings is 1. The summed E-state index contributed by atoms with van der Waals surface area (Å²) < 4.78 is 38.3. The number of anilines is 2. The third-order valence-electron chi connectivity index (χ3n) is 5.30. The summed E-state index contributed by atoms with van der Waals surface area (Å²) in [7, 11) is 0. The van der Waals surface area contributed by atoms with Crippen molar-refractivity contribution in [2.45, 2.75) is 32.9 Å². The standard InChI is InChI=1S/C21H21F3N4OS/c1-12-4-3-9-28(10-12)18-17-16(13(2)30-20(17)26-11-25-18)19(29)27-15-7-5-14(6-8-15)21(22,23)24/h5-8,11-12H,3-4,9-10H2,1-2H3,(H,27,29)/t12-/m1/s1. The smallest absolute Gasteiger partial charge is 0.356 e. The quantitative estimate of drug-likeness (QED) is 0.591. The molecule has 5 nitrogen and oxygen atoms in total. The van der Waals surface area contributed by atoms with Crippen LogP contribution in [0.15, 0.2) is 30.6 Å². The Bertz CT molecular complexity index is 1080. The Hall–Kier alpha value is -2.68. The number of aromatic nitrogens is 2. The number of benzene rings is 1. The number of carbonyl (C=O) groups excluding carboxylic acids is 1. The second kappa shape index (κ2) is 7.86. The van der Waals surface area contributed by atoms with Crippen molar-refractivity contribution in [2.75, 3.05) is 23.3 Å². The second-order valence-corrected chi connectivity index (χ2v) is 8.84. The number of piperidine rings is 1. The van der Waals surface area contributed by atoms with E-state index in [1.165, 1.54) is 29.8 Å². The largest absolute Gasteiger partial charge is 0.416 e. The molecule has 1 aliphatic rings. The van der Waals surface area contributed by atoms with Gasteiger partial charge in [0.25, 0.3) is 5.91 Å². The molecule has 3 aromatic rings. The molecule has 158 valence electrons. The van der Waals surface area contributed by atoms with Crippen LogP contribution >= 0.6 is 11.3 Å². The lowest BCUT2D eigenvalue weighted by molar-refractivity contribution is -0.137. The predicted octanol–water partition coefficient (Wildman–Crippen LogP) is 5.51. The van der Waals surface area contributed by atoms with Crippen molar-refractivity contribution < 1.29 is 18.0 Å². The highest BCUT2D eigenvalue weighted by Crippen LogP contribution is 2.37. The molecule has 1 aliphatic heterocycles. The highest BCUT2D eigenvalue weighted by molar-refractivity contribution is 7.19. The fourth-order valence-electron chi connectivity index (χ4n) is 3.86. The molecule has 0 unspecified atom stereocenters. The topological polar surface area (TPSA) is 58.1 Å². The van der Waals surface area contributed by atoms with E-state index in [2.05, 4.69) is 27.1 Å². The third kappa shape index (κ3) is 3.98. The summed E-state index contributed by atoms with van der Waals surface area (Å²) in [6.45, 7) is 5.77. The number of amides is 1. The average Bonchev–Trinajstić information content (AvgIpc) is 3.03. The summed E-state index contributed by atoms with van der Waals surface area (Å²) in [5.41, 5.74) is 0.0213. The van der Waals surface area contributed by atoms with Crippen molar-refractivity contribution in [1.82, 2.24) is 9.97 Å². The van der Waals surface area contributed by atoms with Crippen LogP contribution in [0.5, 0.6) is 0 Å². The number of nitrogens with zero attached hydrogens (tertiary/aromatic N) is 3. The van der Waals surface area contributed by atoms with Crippen molar-refractivity contribution >= 4 is 39.0 Å². The molecule has 2 aromatic heterocycles.